The van der Waals surface area contributed by atoms with Gasteiger partial charge in [-0.05, 0) is 30.2 Å². The number of carboxylic acid groups (broad SMARTS) is 2. The van der Waals surface area contributed by atoms with Crippen molar-refractivity contribution in [3.8, 4) is 5.75 Å². The van der Waals surface area contributed by atoms with Crippen LogP contribution in [-0.4, -0.2) is 35.3 Å². The van der Waals surface area contributed by atoms with Crippen LogP contribution in [0, 0.1) is 6.92 Å². The number of benzene rings is 1. The van der Waals surface area contributed by atoms with Crippen molar-refractivity contribution >= 4 is 11.9 Å². The quantitative estimate of drug-likeness (QED) is 0.708. The monoisotopic (exact) mass is 267 g/mol. The van der Waals surface area contributed by atoms with Crippen molar-refractivity contribution in [3.63, 3.8) is 0 Å². The highest BCUT2D eigenvalue weighted by molar-refractivity contribution is 5.77. The average Bonchev–Trinajstić information content (AvgIpc) is 2.33. The summed E-state index contributed by atoms with van der Waals surface area (Å²) in [6.45, 7) is 1.82. The minimum absolute atomic E-state index is 0.347. The third-order valence-corrected chi connectivity index (χ3v) is 2.85. The molecule has 1 rings (SSSR count). The molecule has 0 saturated heterocycles. The van der Waals surface area contributed by atoms with E-state index in [9.17, 15) is 9.59 Å². The molecule has 1 aromatic carbocycles. The Bertz CT molecular complexity index is 486. The van der Waals surface area contributed by atoms with E-state index in [4.69, 9.17) is 20.7 Å². The maximum Gasteiger partial charge on any atom is 0.321 e. The Balaban J connectivity index is 3.19. The summed E-state index contributed by atoms with van der Waals surface area (Å²) in [5, 5.41) is 17.9. The van der Waals surface area contributed by atoms with Crippen LogP contribution < -0.4 is 10.5 Å². The van der Waals surface area contributed by atoms with Gasteiger partial charge < -0.3 is 20.7 Å². The highest BCUT2D eigenvalue weighted by Gasteiger charge is 2.28. The molecular weight excluding hydrogens is 250 g/mol. The fraction of sp³-hybridized carbons (Fsp3) is 0.385. The number of carbonyl (C=O) groups is 2. The molecular formula is C13H17NO5. The van der Waals surface area contributed by atoms with E-state index in [-0.39, 0.29) is 6.42 Å². The van der Waals surface area contributed by atoms with Crippen molar-refractivity contribution in [1.29, 1.82) is 0 Å². The Morgan fingerprint density at radius 1 is 1.32 bits per heavy atom. The maximum atomic E-state index is 11.0. The van der Waals surface area contributed by atoms with Crippen LogP contribution in [-0.2, 0) is 9.59 Å². The molecule has 0 spiro atoms. The first-order valence-corrected chi connectivity index (χ1v) is 5.71. The molecule has 6 heteroatoms. The lowest BCUT2D eigenvalue weighted by Crippen LogP contribution is -2.37. The molecule has 6 nitrogen and oxygen atoms in total. The van der Waals surface area contributed by atoms with Gasteiger partial charge in [-0.3, -0.25) is 9.59 Å². The summed E-state index contributed by atoms with van der Waals surface area (Å²) in [6.07, 6.45) is -0.347. The summed E-state index contributed by atoms with van der Waals surface area (Å²) in [5.41, 5.74) is 6.98. The molecule has 0 aliphatic rings. The van der Waals surface area contributed by atoms with E-state index >= 15 is 0 Å². The molecule has 19 heavy (non-hydrogen) atoms. The summed E-state index contributed by atoms with van der Waals surface area (Å²) >= 11 is 0. The molecule has 0 bridgehead atoms. The van der Waals surface area contributed by atoms with E-state index in [0.717, 1.165) is 5.56 Å². The molecule has 104 valence electrons. The van der Waals surface area contributed by atoms with Crippen LogP contribution in [0.5, 0.6) is 5.75 Å². The summed E-state index contributed by atoms with van der Waals surface area (Å²) < 4.78 is 5.10. The fourth-order valence-electron chi connectivity index (χ4n) is 1.92. The van der Waals surface area contributed by atoms with Gasteiger partial charge in [0.1, 0.15) is 11.8 Å². The fourth-order valence-corrected chi connectivity index (χ4v) is 1.92. The van der Waals surface area contributed by atoms with Gasteiger partial charge in [-0.2, -0.15) is 0 Å². The predicted octanol–water partition coefficient (Wildman–Crippen LogP) is 0.974. The van der Waals surface area contributed by atoms with E-state index in [2.05, 4.69) is 0 Å². The zero-order valence-electron chi connectivity index (χ0n) is 10.8. The SMILES string of the molecule is COc1cc(C)cc(C(CC(=O)O)C(N)C(=O)O)c1. The van der Waals surface area contributed by atoms with E-state index < -0.39 is 23.9 Å². The Morgan fingerprint density at radius 3 is 2.42 bits per heavy atom. The average molecular weight is 267 g/mol. The number of aliphatic carboxylic acids is 2. The Kier molecular flexibility index (Phi) is 4.88. The number of nitrogens with two attached hydrogens (primary N) is 1. The lowest BCUT2D eigenvalue weighted by molar-refractivity contribution is -0.140. The Morgan fingerprint density at radius 2 is 1.95 bits per heavy atom. The van der Waals surface area contributed by atoms with Gasteiger partial charge >= 0.3 is 11.9 Å². The number of rotatable bonds is 6. The van der Waals surface area contributed by atoms with Crippen LogP contribution >= 0.6 is 0 Å². The van der Waals surface area contributed by atoms with Crippen molar-refractivity contribution in [3.05, 3.63) is 29.3 Å². The topological polar surface area (TPSA) is 110 Å². The van der Waals surface area contributed by atoms with Gasteiger partial charge in [0.2, 0.25) is 0 Å². The molecule has 0 saturated carbocycles. The van der Waals surface area contributed by atoms with Gasteiger partial charge in [0.15, 0.2) is 0 Å². The molecule has 0 fully saturated rings. The number of carboxylic acids is 2. The van der Waals surface area contributed by atoms with Crippen LogP contribution in [0.25, 0.3) is 0 Å². The summed E-state index contributed by atoms with van der Waals surface area (Å²) in [6, 6.07) is 3.83. The van der Waals surface area contributed by atoms with Crippen molar-refractivity contribution in [2.45, 2.75) is 25.3 Å². The zero-order chi connectivity index (χ0) is 14.6. The predicted molar refractivity (Wildman–Crippen MR) is 68.3 cm³/mol. The van der Waals surface area contributed by atoms with Gasteiger partial charge in [0.25, 0.3) is 0 Å². The van der Waals surface area contributed by atoms with Gasteiger partial charge in [0, 0.05) is 5.92 Å². The standard InChI is InChI=1S/C13H17NO5/c1-7-3-8(5-9(4-7)19-2)10(6-11(15)16)12(14)13(17)18/h3-5,10,12H,6,14H2,1-2H3,(H,15,16)(H,17,18). The van der Waals surface area contributed by atoms with Crippen molar-refractivity contribution in [2.75, 3.05) is 7.11 Å². The molecule has 0 heterocycles. The molecule has 2 unspecified atom stereocenters. The van der Waals surface area contributed by atoms with Gasteiger partial charge in [-0.25, -0.2) is 0 Å². The van der Waals surface area contributed by atoms with Crippen LogP contribution in [0.15, 0.2) is 18.2 Å². The number of hydrogen-bond acceptors (Lipinski definition) is 4. The Hall–Kier alpha value is -2.08. The highest BCUT2D eigenvalue weighted by Crippen LogP contribution is 2.27. The minimum Gasteiger partial charge on any atom is -0.497 e. The first-order valence-electron chi connectivity index (χ1n) is 5.71. The number of hydrogen-bond donors (Lipinski definition) is 3. The van der Waals surface area contributed by atoms with E-state index in [1.807, 2.05) is 6.92 Å². The maximum absolute atomic E-state index is 11.0. The van der Waals surface area contributed by atoms with Crippen LogP contribution in [0.4, 0.5) is 0 Å². The van der Waals surface area contributed by atoms with Crippen LogP contribution in [0.1, 0.15) is 23.5 Å². The van der Waals surface area contributed by atoms with Crippen LogP contribution in [0.3, 0.4) is 0 Å². The normalized spacial score (nSPS) is 13.6. The third kappa shape index (κ3) is 3.96. The molecule has 4 N–H and O–H groups in total. The first kappa shape index (κ1) is 15.0. The molecule has 2 atom stereocenters. The minimum atomic E-state index is -1.28. The first-order chi connectivity index (χ1) is 8.85. The molecule has 0 radical (unpaired) electrons. The summed E-state index contributed by atoms with van der Waals surface area (Å²) in [4.78, 5) is 21.9. The third-order valence-electron chi connectivity index (χ3n) is 2.85. The number of methoxy groups -OCH3 is 1. The van der Waals surface area contributed by atoms with Crippen molar-refractivity contribution in [1.82, 2.24) is 0 Å². The number of aryl methyl sites for hydroxylation is 1. The second-order valence-electron chi connectivity index (χ2n) is 4.35. The van der Waals surface area contributed by atoms with Crippen molar-refractivity contribution < 1.29 is 24.5 Å². The lowest BCUT2D eigenvalue weighted by atomic mass is 9.88. The van der Waals surface area contributed by atoms with Crippen molar-refractivity contribution in [2.24, 2.45) is 5.73 Å². The van der Waals surface area contributed by atoms with E-state index in [1.54, 1.807) is 18.2 Å². The van der Waals surface area contributed by atoms with Gasteiger partial charge in [0.05, 0.1) is 13.5 Å². The van der Waals surface area contributed by atoms with E-state index in [1.165, 1.54) is 7.11 Å². The second kappa shape index (κ2) is 6.19. The highest BCUT2D eigenvalue weighted by atomic mass is 16.5. The molecule has 0 aliphatic carbocycles. The summed E-state index contributed by atoms with van der Waals surface area (Å²) in [5.74, 6) is -2.58. The van der Waals surface area contributed by atoms with Gasteiger partial charge in [-0.1, -0.05) is 6.07 Å². The largest absolute Gasteiger partial charge is 0.497 e. The smallest absolute Gasteiger partial charge is 0.321 e. The Labute approximate surface area is 110 Å². The zero-order valence-corrected chi connectivity index (χ0v) is 10.8. The molecule has 0 aromatic heterocycles. The molecule has 0 aliphatic heterocycles. The summed E-state index contributed by atoms with van der Waals surface area (Å²) in [7, 11) is 1.49. The molecule has 1 aromatic rings. The van der Waals surface area contributed by atoms with Crippen LogP contribution in [0.2, 0.25) is 0 Å². The van der Waals surface area contributed by atoms with Gasteiger partial charge in [-0.15, -0.1) is 0 Å². The molecule has 0 amide bonds. The van der Waals surface area contributed by atoms with E-state index in [0.29, 0.717) is 11.3 Å². The lowest BCUT2D eigenvalue weighted by Gasteiger charge is -2.20. The second-order valence-corrected chi connectivity index (χ2v) is 4.35. The number of ether oxygens (including phenoxy) is 1.